The first-order valence-electron chi connectivity index (χ1n) is 10.3. The predicted molar refractivity (Wildman–Crippen MR) is 129 cm³/mol. The zero-order valence-electron chi connectivity index (χ0n) is 17.5. The van der Waals surface area contributed by atoms with Gasteiger partial charge in [-0.05, 0) is 31.9 Å². The number of aliphatic imine (C=N–C) groups is 1. The minimum Gasteiger partial charge on any atom is -0.379 e. The van der Waals surface area contributed by atoms with Crippen LogP contribution in [0.5, 0.6) is 0 Å². The summed E-state index contributed by atoms with van der Waals surface area (Å²) in [6.07, 6.45) is 2.25. The van der Waals surface area contributed by atoms with Crippen molar-refractivity contribution >= 4 is 41.3 Å². The van der Waals surface area contributed by atoms with Crippen molar-refractivity contribution in [1.29, 1.82) is 0 Å². The second-order valence-electron chi connectivity index (χ2n) is 7.20. The molecular formula is C20H35IN4O3S. The van der Waals surface area contributed by atoms with E-state index in [0.29, 0.717) is 6.04 Å². The zero-order valence-corrected chi connectivity index (χ0v) is 20.7. The molecule has 2 atom stereocenters. The molecule has 2 N–H and O–H groups in total. The van der Waals surface area contributed by atoms with Crippen molar-refractivity contribution in [3.05, 3.63) is 21.9 Å². The van der Waals surface area contributed by atoms with Crippen molar-refractivity contribution in [3.8, 4) is 0 Å². The number of guanidine groups is 1. The van der Waals surface area contributed by atoms with Gasteiger partial charge in [0.2, 0.25) is 0 Å². The number of hydrogen-bond donors (Lipinski definition) is 2. The molecule has 0 aromatic carbocycles. The van der Waals surface area contributed by atoms with Gasteiger partial charge in [0.15, 0.2) is 5.96 Å². The number of nitrogens with one attached hydrogen (secondary N) is 2. The third kappa shape index (κ3) is 8.29. The van der Waals surface area contributed by atoms with Gasteiger partial charge in [0.1, 0.15) is 0 Å². The van der Waals surface area contributed by atoms with Crippen molar-refractivity contribution < 1.29 is 14.2 Å². The smallest absolute Gasteiger partial charge is 0.191 e. The maximum atomic E-state index is 5.81. The minimum absolute atomic E-state index is 0. The largest absolute Gasteiger partial charge is 0.379 e. The summed E-state index contributed by atoms with van der Waals surface area (Å²) in [6, 6.07) is 4.80. The molecule has 0 amide bonds. The van der Waals surface area contributed by atoms with E-state index in [1.807, 2.05) is 18.4 Å². The van der Waals surface area contributed by atoms with Crippen molar-refractivity contribution in [2.45, 2.75) is 31.9 Å². The van der Waals surface area contributed by atoms with Gasteiger partial charge in [-0.2, -0.15) is 0 Å². The van der Waals surface area contributed by atoms with E-state index >= 15 is 0 Å². The quantitative estimate of drug-likeness (QED) is 0.218. The first-order valence-corrected chi connectivity index (χ1v) is 11.1. The Hall–Kier alpha value is -0.460. The Bertz CT molecular complexity index is 604. The lowest BCUT2D eigenvalue weighted by molar-refractivity contribution is 0.0177. The van der Waals surface area contributed by atoms with Crippen LogP contribution >= 0.6 is 35.3 Å². The molecule has 1 aromatic rings. The minimum atomic E-state index is 0. The monoisotopic (exact) mass is 538 g/mol. The highest BCUT2D eigenvalue weighted by atomic mass is 127. The van der Waals surface area contributed by atoms with Crippen LogP contribution in [0, 0.1) is 6.92 Å². The van der Waals surface area contributed by atoms with Crippen molar-refractivity contribution in [3.63, 3.8) is 0 Å². The Morgan fingerprint density at radius 3 is 2.76 bits per heavy atom. The first-order chi connectivity index (χ1) is 13.8. The van der Waals surface area contributed by atoms with Gasteiger partial charge in [0, 0.05) is 56.2 Å². The highest BCUT2D eigenvalue weighted by Gasteiger charge is 2.24. The second kappa shape index (κ2) is 13.8. The number of rotatable bonds is 9. The molecule has 3 rings (SSSR count). The topological polar surface area (TPSA) is 67.4 Å². The van der Waals surface area contributed by atoms with Crippen LogP contribution in [0.3, 0.4) is 0 Å². The molecular weight excluding hydrogens is 503 g/mol. The predicted octanol–water partition coefficient (Wildman–Crippen LogP) is 2.41. The molecule has 3 heterocycles. The third-order valence-corrected chi connectivity index (χ3v) is 6.22. The lowest BCUT2D eigenvalue weighted by atomic mass is 10.2. The summed E-state index contributed by atoms with van der Waals surface area (Å²) >= 11 is 1.88. The van der Waals surface area contributed by atoms with Gasteiger partial charge in [-0.15, -0.1) is 35.3 Å². The molecule has 0 spiro atoms. The van der Waals surface area contributed by atoms with Gasteiger partial charge in [0.25, 0.3) is 0 Å². The summed E-state index contributed by atoms with van der Waals surface area (Å²) in [4.78, 5) is 9.63. The number of thiophene rings is 1. The van der Waals surface area contributed by atoms with E-state index in [0.717, 1.165) is 78.0 Å². The Labute approximate surface area is 195 Å². The Morgan fingerprint density at radius 2 is 2.10 bits per heavy atom. The van der Waals surface area contributed by atoms with E-state index in [-0.39, 0.29) is 30.1 Å². The van der Waals surface area contributed by atoms with Crippen LogP contribution < -0.4 is 10.6 Å². The maximum absolute atomic E-state index is 5.81. The van der Waals surface area contributed by atoms with Crippen LogP contribution in [0.2, 0.25) is 0 Å². The summed E-state index contributed by atoms with van der Waals surface area (Å²) < 4.78 is 16.7. The van der Waals surface area contributed by atoms with E-state index in [1.54, 1.807) is 0 Å². The molecule has 9 heteroatoms. The average molecular weight is 538 g/mol. The van der Waals surface area contributed by atoms with Gasteiger partial charge >= 0.3 is 0 Å². The van der Waals surface area contributed by atoms with E-state index in [4.69, 9.17) is 14.2 Å². The fourth-order valence-corrected chi connectivity index (χ4v) is 4.53. The molecule has 7 nitrogen and oxygen atoms in total. The number of hydrogen-bond acceptors (Lipinski definition) is 6. The van der Waals surface area contributed by atoms with Gasteiger partial charge in [-0.25, -0.2) is 0 Å². The molecule has 1 aromatic heterocycles. The standard InChI is InChI=1S/C20H34N4O3S.HI/c1-16-4-5-19(28-16)18(24-8-12-25-13-9-24)14-23-20(21-2)22-7-3-10-27-17-6-11-26-15-17;/h4-5,17-18H,3,6-15H2,1-2H3,(H2,21,22,23);1H. The molecule has 2 aliphatic rings. The summed E-state index contributed by atoms with van der Waals surface area (Å²) in [6.45, 7) is 9.70. The number of ether oxygens (including phenoxy) is 3. The number of morpholine rings is 1. The second-order valence-corrected chi connectivity index (χ2v) is 8.52. The number of aryl methyl sites for hydroxylation is 1. The van der Waals surface area contributed by atoms with Crippen LogP contribution in [0.4, 0.5) is 0 Å². The summed E-state index contributed by atoms with van der Waals surface area (Å²) in [5.41, 5.74) is 0. The molecule has 0 aliphatic carbocycles. The molecule has 166 valence electrons. The average Bonchev–Trinajstić information content (AvgIpc) is 3.39. The molecule has 2 saturated heterocycles. The molecule has 2 unspecified atom stereocenters. The van der Waals surface area contributed by atoms with Crippen LogP contribution in [-0.4, -0.2) is 83.2 Å². The van der Waals surface area contributed by atoms with E-state index < -0.39 is 0 Å². The normalized spacial score (nSPS) is 21.6. The molecule has 2 fully saturated rings. The zero-order chi connectivity index (χ0) is 19.6. The Morgan fingerprint density at radius 1 is 1.28 bits per heavy atom. The molecule has 0 radical (unpaired) electrons. The third-order valence-electron chi connectivity index (χ3n) is 5.12. The lowest BCUT2D eigenvalue weighted by Gasteiger charge is -2.34. The van der Waals surface area contributed by atoms with Crippen LogP contribution in [0.25, 0.3) is 0 Å². The lowest BCUT2D eigenvalue weighted by Crippen LogP contribution is -2.46. The van der Waals surface area contributed by atoms with E-state index in [1.165, 1.54) is 9.75 Å². The summed E-state index contributed by atoms with van der Waals surface area (Å²) in [7, 11) is 1.82. The molecule has 0 bridgehead atoms. The van der Waals surface area contributed by atoms with Crippen molar-refractivity contribution in [1.82, 2.24) is 15.5 Å². The molecule has 0 saturated carbocycles. The Kier molecular flexibility index (Phi) is 11.8. The van der Waals surface area contributed by atoms with Crippen LogP contribution in [0.15, 0.2) is 17.1 Å². The van der Waals surface area contributed by atoms with Gasteiger partial charge in [-0.3, -0.25) is 9.89 Å². The summed E-state index contributed by atoms with van der Waals surface area (Å²) in [5, 5.41) is 6.91. The van der Waals surface area contributed by atoms with Crippen LogP contribution in [-0.2, 0) is 14.2 Å². The van der Waals surface area contributed by atoms with Crippen molar-refractivity contribution in [2.24, 2.45) is 4.99 Å². The van der Waals surface area contributed by atoms with Crippen molar-refractivity contribution in [2.75, 3.05) is 66.3 Å². The van der Waals surface area contributed by atoms with E-state index in [9.17, 15) is 0 Å². The van der Waals surface area contributed by atoms with Gasteiger partial charge in [-0.1, -0.05) is 0 Å². The summed E-state index contributed by atoms with van der Waals surface area (Å²) in [5.74, 6) is 0.843. The SMILES string of the molecule is CN=C(NCCCOC1CCOC1)NCC(c1ccc(C)s1)N1CCOCC1.I. The van der Waals surface area contributed by atoms with Crippen LogP contribution in [0.1, 0.15) is 28.6 Å². The fourth-order valence-electron chi connectivity index (χ4n) is 3.52. The van der Waals surface area contributed by atoms with Gasteiger partial charge < -0.3 is 24.8 Å². The Balaban J connectivity index is 0.00000300. The maximum Gasteiger partial charge on any atom is 0.191 e. The highest BCUT2D eigenvalue weighted by molar-refractivity contribution is 14.0. The number of nitrogens with zero attached hydrogens (tertiary/aromatic N) is 2. The number of halogens is 1. The van der Waals surface area contributed by atoms with E-state index in [2.05, 4.69) is 39.6 Å². The highest BCUT2D eigenvalue weighted by Crippen LogP contribution is 2.27. The molecule has 29 heavy (non-hydrogen) atoms. The first kappa shape index (κ1) is 24.8. The fraction of sp³-hybridized carbons (Fsp3) is 0.750. The molecule has 2 aliphatic heterocycles. The van der Waals surface area contributed by atoms with Gasteiger partial charge in [0.05, 0.1) is 32.0 Å².